The van der Waals surface area contributed by atoms with Gasteiger partial charge in [-0.15, -0.1) is 0 Å². The lowest BCUT2D eigenvalue weighted by molar-refractivity contribution is 0.102. The lowest BCUT2D eigenvalue weighted by Crippen LogP contribution is -2.38. The van der Waals surface area contributed by atoms with Gasteiger partial charge in [0.05, 0.1) is 21.2 Å². The molecule has 0 atom stereocenters. The quantitative estimate of drug-likeness (QED) is 0.527. The summed E-state index contributed by atoms with van der Waals surface area (Å²) < 4.78 is 42.1. The third-order valence-corrected chi connectivity index (χ3v) is 7.37. The van der Waals surface area contributed by atoms with Crippen LogP contribution in [0.5, 0.6) is 0 Å². The molecule has 4 rings (SSSR count). The average Bonchev–Trinajstić information content (AvgIpc) is 3.17. The normalized spacial score (nSPS) is 13.7. The van der Waals surface area contributed by atoms with E-state index in [2.05, 4.69) is 10.7 Å². The van der Waals surface area contributed by atoms with Gasteiger partial charge in [-0.3, -0.25) is 4.79 Å². The van der Waals surface area contributed by atoms with Gasteiger partial charge in [0, 0.05) is 12.2 Å². The molecule has 3 aromatic carbocycles. The number of hydrogen-bond acceptors (Lipinski definition) is 4. The van der Waals surface area contributed by atoms with Crippen LogP contribution in [0.4, 0.5) is 15.8 Å². The van der Waals surface area contributed by atoms with E-state index in [4.69, 9.17) is 11.6 Å². The van der Waals surface area contributed by atoms with Crippen LogP contribution < -0.4 is 15.2 Å². The summed E-state index contributed by atoms with van der Waals surface area (Å²) in [7, 11) is -3.92. The third kappa shape index (κ3) is 4.46. The minimum Gasteiger partial charge on any atom is -0.322 e. The molecule has 0 saturated carbocycles. The van der Waals surface area contributed by atoms with Crippen LogP contribution in [-0.4, -0.2) is 14.3 Å². The Morgan fingerprint density at radius 3 is 2.52 bits per heavy atom. The van der Waals surface area contributed by atoms with E-state index in [1.807, 2.05) is 26.8 Å². The van der Waals surface area contributed by atoms with Crippen LogP contribution in [0.1, 0.15) is 42.3 Å². The number of benzene rings is 3. The summed E-state index contributed by atoms with van der Waals surface area (Å²) in [5, 5.41) is 2.58. The molecular weight excluding hydrogens is 465 g/mol. The molecule has 0 unspecified atom stereocenters. The largest absolute Gasteiger partial charge is 0.322 e. The van der Waals surface area contributed by atoms with Crippen molar-refractivity contribution >= 4 is 38.9 Å². The van der Waals surface area contributed by atoms with E-state index in [-0.39, 0.29) is 20.9 Å². The number of sulfonamides is 1. The van der Waals surface area contributed by atoms with Crippen molar-refractivity contribution in [3.8, 4) is 0 Å². The van der Waals surface area contributed by atoms with Gasteiger partial charge < -0.3 is 5.32 Å². The maximum atomic E-state index is 14.1. The number of anilines is 2. The van der Waals surface area contributed by atoms with Crippen LogP contribution >= 0.6 is 11.6 Å². The van der Waals surface area contributed by atoms with Crippen LogP contribution in [0.15, 0.2) is 65.6 Å². The highest BCUT2D eigenvalue weighted by atomic mass is 35.5. The number of nitrogens with zero attached hydrogens (tertiary/aromatic N) is 1. The molecule has 3 aromatic rings. The fraction of sp³-hybridized carbons (Fsp3) is 0.208. The van der Waals surface area contributed by atoms with Crippen molar-refractivity contribution in [2.24, 2.45) is 0 Å². The van der Waals surface area contributed by atoms with Crippen molar-refractivity contribution in [3.05, 3.63) is 88.2 Å². The lowest BCUT2D eigenvalue weighted by Gasteiger charge is -2.23. The second-order valence-electron chi connectivity index (χ2n) is 8.78. The maximum absolute atomic E-state index is 14.1. The molecule has 0 bridgehead atoms. The van der Waals surface area contributed by atoms with Crippen molar-refractivity contribution in [2.75, 3.05) is 9.73 Å². The zero-order valence-corrected chi connectivity index (χ0v) is 19.9. The first-order chi connectivity index (χ1) is 15.5. The van der Waals surface area contributed by atoms with E-state index in [0.29, 0.717) is 17.9 Å². The van der Waals surface area contributed by atoms with Gasteiger partial charge in [-0.05, 0) is 52.9 Å². The molecule has 1 amide bonds. The molecule has 6 nitrogen and oxygen atoms in total. The molecule has 9 heteroatoms. The highest BCUT2D eigenvalue weighted by Crippen LogP contribution is 2.34. The van der Waals surface area contributed by atoms with Gasteiger partial charge in [0.2, 0.25) is 0 Å². The SMILES string of the molecule is CC(C)(C)c1cccc(S(=O)(=O)N2NCc3ccc(NC(=O)c4c(F)cccc4Cl)cc32)c1. The topological polar surface area (TPSA) is 78.5 Å². The Hall–Kier alpha value is -2.94. The first-order valence-corrected chi connectivity index (χ1v) is 12.1. The molecule has 172 valence electrons. The van der Waals surface area contributed by atoms with Crippen LogP contribution in [0.3, 0.4) is 0 Å². The molecule has 1 aliphatic rings. The Kier molecular flexibility index (Phi) is 5.94. The average molecular weight is 488 g/mol. The molecule has 0 spiro atoms. The maximum Gasteiger partial charge on any atom is 0.277 e. The highest BCUT2D eigenvalue weighted by Gasteiger charge is 2.32. The number of hydrazine groups is 1. The number of fused-ring (bicyclic) bond motifs is 1. The number of carbonyl (C=O) groups excluding carboxylic acids is 1. The fourth-order valence-corrected chi connectivity index (χ4v) is 5.22. The van der Waals surface area contributed by atoms with Crippen LogP contribution in [0.2, 0.25) is 5.02 Å². The summed E-state index contributed by atoms with van der Waals surface area (Å²) in [5.41, 5.74) is 4.74. The van der Waals surface area contributed by atoms with Crippen molar-refractivity contribution in [1.29, 1.82) is 0 Å². The third-order valence-electron chi connectivity index (χ3n) is 5.40. The van der Waals surface area contributed by atoms with E-state index in [0.717, 1.165) is 21.6 Å². The molecule has 1 aliphatic heterocycles. The molecule has 0 radical (unpaired) electrons. The zero-order chi connectivity index (χ0) is 24.0. The molecule has 33 heavy (non-hydrogen) atoms. The molecule has 0 saturated heterocycles. The Bertz CT molecular complexity index is 1330. The van der Waals surface area contributed by atoms with E-state index >= 15 is 0 Å². The van der Waals surface area contributed by atoms with Gasteiger partial charge >= 0.3 is 0 Å². The summed E-state index contributed by atoms with van der Waals surface area (Å²) in [6.07, 6.45) is 0. The first kappa shape index (κ1) is 23.2. The summed E-state index contributed by atoms with van der Waals surface area (Å²) in [4.78, 5) is 12.8. The minimum atomic E-state index is -3.92. The van der Waals surface area contributed by atoms with Crippen LogP contribution in [0.25, 0.3) is 0 Å². The van der Waals surface area contributed by atoms with Gasteiger partial charge in [-0.1, -0.05) is 56.6 Å². The predicted octanol–water partition coefficient (Wildman–Crippen LogP) is 5.24. The number of hydrogen-bond donors (Lipinski definition) is 2. The van der Waals surface area contributed by atoms with Crippen LogP contribution in [-0.2, 0) is 22.0 Å². The van der Waals surface area contributed by atoms with Crippen molar-refractivity contribution in [1.82, 2.24) is 5.43 Å². The van der Waals surface area contributed by atoms with Crippen molar-refractivity contribution in [3.63, 3.8) is 0 Å². The fourth-order valence-electron chi connectivity index (χ4n) is 3.57. The van der Waals surface area contributed by atoms with E-state index in [1.165, 1.54) is 18.2 Å². The van der Waals surface area contributed by atoms with E-state index in [1.54, 1.807) is 30.3 Å². The van der Waals surface area contributed by atoms with Gasteiger partial charge in [0.1, 0.15) is 5.82 Å². The van der Waals surface area contributed by atoms with Crippen LogP contribution in [0, 0.1) is 5.82 Å². The Morgan fingerprint density at radius 2 is 1.82 bits per heavy atom. The zero-order valence-electron chi connectivity index (χ0n) is 18.3. The monoisotopic (exact) mass is 487 g/mol. The van der Waals surface area contributed by atoms with Crippen molar-refractivity contribution < 1.29 is 17.6 Å². The molecule has 2 N–H and O–H groups in total. The number of nitrogens with one attached hydrogen (secondary N) is 2. The van der Waals surface area contributed by atoms with Gasteiger partial charge in [0.25, 0.3) is 15.9 Å². The summed E-state index contributed by atoms with van der Waals surface area (Å²) in [6, 6.07) is 15.7. The van der Waals surface area contributed by atoms with Gasteiger partial charge in [-0.2, -0.15) is 12.8 Å². The molecular formula is C24H23ClFN3O3S. The number of carbonyl (C=O) groups is 1. The Balaban J connectivity index is 1.66. The number of amides is 1. The molecule has 1 heterocycles. The Morgan fingerprint density at radius 1 is 1.09 bits per heavy atom. The summed E-state index contributed by atoms with van der Waals surface area (Å²) in [5.74, 6) is -1.47. The molecule has 0 aromatic heterocycles. The van der Waals surface area contributed by atoms with Crippen molar-refractivity contribution in [2.45, 2.75) is 37.6 Å². The predicted molar refractivity (Wildman–Crippen MR) is 127 cm³/mol. The first-order valence-electron chi connectivity index (χ1n) is 10.3. The second-order valence-corrected chi connectivity index (χ2v) is 11.0. The van der Waals surface area contributed by atoms with Gasteiger partial charge in [0.15, 0.2) is 0 Å². The minimum absolute atomic E-state index is 0.0155. The van der Waals surface area contributed by atoms with Gasteiger partial charge in [-0.25, -0.2) is 9.82 Å². The second kappa shape index (κ2) is 8.44. The molecule has 0 aliphatic carbocycles. The summed E-state index contributed by atoms with van der Waals surface area (Å²) in [6.45, 7) is 6.34. The lowest BCUT2D eigenvalue weighted by atomic mass is 9.87. The molecule has 0 fully saturated rings. The standard InChI is InChI=1S/C24H23ClFN3O3S/c1-24(2,3)16-6-4-7-18(12-16)33(31,32)29-21-13-17(11-10-15(21)14-27-29)28-23(30)22-19(25)8-5-9-20(22)26/h4-13,27H,14H2,1-3H3,(H,28,30). The van der Waals surface area contributed by atoms with E-state index < -0.39 is 21.7 Å². The number of rotatable bonds is 4. The Labute approximate surface area is 197 Å². The van der Waals surface area contributed by atoms with E-state index in [9.17, 15) is 17.6 Å². The smallest absolute Gasteiger partial charge is 0.277 e. The summed E-state index contributed by atoms with van der Waals surface area (Å²) >= 11 is 5.98. The number of halogens is 2. The highest BCUT2D eigenvalue weighted by molar-refractivity contribution is 7.92.